The predicted octanol–water partition coefficient (Wildman–Crippen LogP) is 1.63. The van der Waals surface area contributed by atoms with Crippen LogP contribution in [0.15, 0.2) is 24.3 Å². The molecule has 3 rings (SSSR count). The molecule has 1 aliphatic rings. The molecular weight excluding hydrogens is 257 g/mol. The van der Waals surface area contributed by atoms with Crippen LogP contribution in [0.25, 0.3) is 0 Å². The second-order valence-electron chi connectivity index (χ2n) is 4.71. The number of hydrogen-bond acceptors (Lipinski definition) is 5. The normalized spacial score (nSPS) is 14.4. The third kappa shape index (κ3) is 2.55. The van der Waals surface area contributed by atoms with Gasteiger partial charge in [0.15, 0.2) is 0 Å². The van der Waals surface area contributed by atoms with Crippen molar-refractivity contribution in [1.82, 2.24) is 15.3 Å². The third-order valence-electron chi connectivity index (χ3n) is 3.33. The van der Waals surface area contributed by atoms with Gasteiger partial charge in [-0.1, -0.05) is 12.1 Å². The van der Waals surface area contributed by atoms with Crippen molar-refractivity contribution in [2.75, 3.05) is 24.1 Å². The van der Waals surface area contributed by atoms with Crippen molar-refractivity contribution in [3.05, 3.63) is 41.3 Å². The maximum absolute atomic E-state index is 13.7. The Labute approximate surface area is 116 Å². The van der Waals surface area contributed by atoms with Crippen LogP contribution >= 0.6 is 0 Å². The predicted molar refractivity (Wildman–Crippen MR) is 76.4 cm³/mol. The number of anilines is 3. The molecule has 0 amide bonds. The zero-order chi connectivity index (χ0) is 13.9. The number of nitrogen functional groups attached to an aromatic ring is 1. The third-order valence-corrected chi connectivity index (χ3v) is 3.33. The smallest absolute Gasteiger partial charge is 0.222 e. The highest BCUT2D eigenvalue weighted by atomic mass is 19.1. The largest absolute Gasteiger partial charge is 0.368 e. The van der Waals surface area contributed by atoms with E-state index in [1.807, 2.05) is 0 Å². The summed E-state index contributed by atoms with van der Waals surface area (Å²) in [5.41, 5.74) is 8.08. The second-order valence-corrected chi connectivity index (χ2v) is 4.71. The number of aromatic nitrogens is 2. The molecule has 0 fully saturated rings. The molecule has 0 bridgehead atoms. The fraction of sp³-hybridized carbons (Fsp3) is 0.286. The lowest BCUT2D eigenvalue weighted by Crippen LogP contribution is -2.16. The van der Waals surface area contributed by atoms with Crippen molar-refractivity contribution in [3.63, 3.8) is 0 Å². The fourth-order valence-electron chi connectivity index (χ4n) is 2.36. The maximum atomic E-state index is 13.7. The molecule has 0 unspecified atom stereocenters. The summed E-state index contributed by atoms with van der Waals surface area (Å²) in [6.07, 6.45) is 1.60. The lowest BCUT2D eigenvalue weighted by Gasteiger charge is -2.13. The number of nitrogens with zero attached hydrogens (tertiary/aromatic N) is 2. The summed E-state index contributed by atoms with van der Waals surface area (Å²) in [6.45, 7) is 1.72. The molecule has 6 heteroatoms. The molecule has 104 valence electrons. The van der Waals surface area contributed by atoms with Crippen LogP contribution in [0.5, 0.6) is 0 Å². The van der Waals surface area contributed by atoms with Crippen LogP contribution in [0.1, 0.15) is 11.3 Å². The molecule has 0 aliphatic carbocycles. The monoisotopic (exact) mass is 273 g/mol. The van der Waals surface area contributed by atoms with Gasteiger partial charge in [0.05, 0.1) is 11.4 Å². The summed E-state index contributed by atoms with van der Waals surface area (Å²) < 4.78 is 13.7. The summed E-state index contributed by atoms with van der Waals surface area (Å²) in [7, 11) is 0. The zero-order valence-corrected chi connectivity index (χ0v) is 11.0. The number of fused-ring (bicyclic) bond motifs is 1. The van der Waals surface area contributed by atoms with Gasteiger partial charge in [0.2, 0.25) is 5.95 Å². The Morgan fingerprint density at radius 1 is 1.15 bits per heavy atom. The Kier molecular flexibility index (Phi) is 3.47. The summed E-state index contributed by atoms with van der Waals surface area (Å²) in [4.78, 5) is 8.52. The SMILES string of the molecule is Nc1nc2c(c(Nc3ccccc3F)n1)CCNCC2. The summed E-state index contributed by atoms with van der Waals surface area (Å²) in [5, 5.41) is 6.34. The molecule has 0 saturated carbocycles. The van der Waals surface area contributed by atoms with E-state index in [1.165, 1.54) is 6.07 Å². The van der Waals surface area contributed by atoms with Gasteiger partial charge in [-0.2, -0.15) is 4.98 Å². The molecule has 4 N–H and O–H groups in total. The minimum absolute atomic E-state index is 0.212. The first-order chi connectivity index (χ1) is 9.74. The number of nitrogens with one attached hydrogen (secondary N) is 2. The Morgan fingerprint density at radius 2 is 1.95 bits per heavy atom. The van der Waals surface area contributed by atoms with Crippen molar-refractivity contribution < 1.29 is 4.39 Å². The van der Waals surface area contributed by atoms with Gasteiger partial charge in [-0.15, -0.1) is 0 Å². The molecule has 2 aromatic rings. The van der Waals surface area contributed by atoms with Gasteiger partial charge in [-0.3, -0.25) is 0 Å². The van der Waals surface area contributed by atoms with Gasteiger partial charge in [0.1, 0.15) is 11.6 Å². The van der Waals surface area contributed by atoms with Crippen molar-refractivity contribution in [2.45, 2.75) is 12.8 Å². The van der Waals surface area contributed by atoms with E-state index in [0.29, 0.717) is 11.5 Å². The molecule has 1 aromatic carbocycles. The molecule has 5 nitrogen and oxygen atoms in total. The highest BCUT2D eigenvalue weighted by Gasteiger charge is 2.16. The molecule has 2 heterocycles. The van der Waals surface area contributed by atoms with E-state index in [1.54, 1.807) is 18.2 Å². The van der Waals surface area contributed by atoms with Gasteiger partial charge < -0.3 is 16.4 Å². The summed E-state index contributed by atoms with van der Waals surface area (Å²) in [6, 6.07) is 6.51. The van der Waals surface area contributed by atoms with Crippen LogP contribution in [-0.4, -0.2) is 23.1 Å². The standard InChI is InChI=1S/C14H16FN5/c15-10-3-1-2-4-12(10)18-13-9-5-7-17-8-6-11(9)19-14(16)20-13/h1-4,17H,5-8H2,(H3,16,18,19,20). The number of nitrogens with two attached hydrogens (primary N) is 1. The maximum Gasteiger partial charge on any atom is 0.222 e. The van der Waals surface area contributed by atoms with Crippen LogP contribution < -0.4 is 16.4 Å². The lowest BCUT2D eigenvalue weighted by molar-refractivity contribution is 0.631. The van der Waals surface area contributed by atoms with E-state index >= 15 is 0 Å². The molecular formula is C14H16FN5. The summed E-state index contributed by atoms with van der Waals surface area (Å²) >= 11 is 0. The van der Waals surface area contributed by atoms with E-state index in [2.05, 4.69) is 20.6 Å². The number of para-hydroxylation sites is 1. The Balaban J connectivity index is 2.01. The summed E-state index contributed by atoms with van der Waals surface area (Å²) in [5.74, 6) is 0.496. The molecule has 1 aliphatic heterocycles. The van der Waals surface area contributed by atoms with E-state index < -0.39 is 0 Å². The van der Waals surface area contributed by atoms with Crippen LogP contribution in [0, 0.1) is 5.82 Å². The molecule has 20 heavy (non-hydrogen) atoms. The first-order valence-corrected chi connectivity index (χ1v) is 6.61. The lowest BCUT2D eigenvalue weighted by atomic mass is 10.1. The average molecular weight is 273 g/mol. The van der Waals surface area contributed by atoms with E-state index in [0.717, 1.165) is 37.2 Å². The molecule has 0 spiro atoms. The van der Waals surface area contributed by atoms with Crippen molar-refractivity contribution >= 4 is 17.5 Å². The Hall–Kier alpha value is -2.21. The van der Waals surface area contributed by atoms with Crippen LogP contribution in [0.2, 0.25) is 0 Å². The Bertz CT molecular complexity index is 629. The molecule has 0 saturated heterocycles. The number of benzene rings is 1. The highest BCUT2D eigenvalue weighted by Crippen LogP contribution is 2.25. The molecule has 0 atom stereocenters. The van der Waals surface area contributed by atoms with Crippen LogP contribution in [0.4, 0.5) is 21.8 Å². The van der Waals surface area contributed by atoms with Gasteiger partial charge >= 0.3 is 0 Å². The topological polar surface area (TPSA) is 75.9 Å². The van der Waals surface area contributed by atoms with Gasteiger partial charge in [-0.05, 0) is 25.1 Å². The van der Waals surface area contributed by atoms with Gasteiger partial charge in [0, 0.05) is 18.5 Å². The first-order valence-electron chi connectivity index (χ1n) is 6.61. The van der Waals surface area contributed by atoms with E-state index in [9.17, 15) is 4.39 Å². The molecule has 1 aromatic heterocycles. The molecule has 0 radical (unpaired) electrons. The minimum atomic E-state index is -0.315. The van der Waals surface area contributed by atoms with Crippen LogP contribution in [0.3, 0.4) is 0 Å². The Morgan fingerprint density at radius 3 is 2.80 bits per heavy atom. The van der Waals surface area contributed by atoms with Crippen molar-refractivity contribution in [3.8, 4) is 0 Å². The number of halogens is 1. The van der Waals surface area contributed by atoms with E-state index in [4.69, 9.17) is 5.73 Å². The van der Waals surface area contributed by atoms with E-state index in [-0.39, 0.29) is 11.8 Å². The quantitative estimate of drug-likeness (QED) is 0.775. The van der Waals surface area contributed by atoms with Crippen molar-refractivity contribution in [1.29, 1.82) is 0 Å². The first kappa shape index (κ1) is 12.8. The fourth-order valence-corrected chi connectivity index (χ4v) is 2.36. The average Bonchev–Trinajstić information content (AvgIpc) is 2.66. The highest BCUT2D eigenvalue weighted by molar-refractivity contribution is 5.62. The van der Waals surface area contributed by atoms with Crippen LogP contribution in [-0.2, 0) is 12.8 Å². The van der Waals surface area contributed by atoms with Gasteiger partial charge in [-0.25, -0.2) is 9.37 Å². The second kappa shape index (κ2) is 5.42. The minimum Gasteiger partial charge on any atom is -0.368 e. The van der Waals surface area contributed by atoms with Crippen molar-refractivity contribution in [2.24, 2.45) is 0 Å². The number of rotatable bonds is 2. The number of hydrogen-bond donors (Lipinski definition) is 3. The van der Waals surface area contributed by atoms with Gasteiger partial charge in [0.25, 0.3) is 0 Å². The zero-order valence-electron chi connectivity index (χ0n) is 11.0.